The third-order valence-electron chi connectivity index (χ3n) is 4.55. The molecular formula is C22H25BrN2O2. The number of benzene rings is 2. The van der Waals surface area contributed by atoms with Crippen LogP contribution in [0.3, 0.4) is 0 Å². The second-order valence-electron chi connectivity index (χ2n) is 7.55. The van der Waals surface area contributed by atoms with Crippen molar-refractivity contribution in [3.63, 3.8) is 0 Å². The number of nitrogens with zero attached hydrogens (tertiary/aromatic N) is 2. The number of esters is 1. The monoisotopic (exact) mass is 428 g/mol. The largest absolute Gasteiger partial charge is 0.466 e. The van der Waals surface area contributed by atoms with Gasteiger partial charge in [-0.25, -0.2) is 4.98 Å². The van der Waals surface area contributed by atoms with Crippen LogP contribution in [0, 0.1) is 5.41 Å². The molecule has 142 valence electrons. The molecule has 0 fully saturated rings. The molecule has 1 heterocycles. The molecule has 4 nitrogen and oxygen atoms in total. The molecule has 0 radical (unpaired) electrons. The highest BCUT2D eigenvalue weighted by Gasteiger charge is 2.26. The molecule has 2 aromatic carbocycles. The number of rotatable bonds is 7. The van der Waals surface area contributed by atoms with E-state index in [1.165, 1.54) is 5.56 Å². The Kier molecular flexibility index (Phi) is 6.00. The maximum absolute atomic E-state index is 12.0. The molecule has 0 saturated carbocycles. The Hall–Kier alpha value is -2.14. The normalized spacial score (nSPS) is 11.7. The summed E-state index contributed by atoms with van der Waals surface area (Å²) in [5.74, 6) is 0.839. The lowest BCUT2D eigenvalue weighted by atomic mass is 9.85. The minimum atomic E-state index is -0.231. The summed E-state index contributed by atoms with van der Waals surface area (Å²) in [5, 5.41) is 0. The standard InChI is InChI=1S/C22H25BrN2O2/c1-4-27-21(26)14-22(2,3)13-20-24-18-7-5-6-8-19(18)25(20)15-16-9-11-17(23)12-10-16/h5-12H,4,13-15H2,1-3H3. The molecular weight excluding hydrogens is 404 g/mol. The van der Waals surface area contributed by atoms with Crippen LogP contribution in [-0.2, 0) is 22.5 Å². The van der Waals surface area contributed by atoms with Gasteiger partial charge in [0.1, 0.15) is 5.82 Å². The van der Waals surface area contributed by atoms with Crippen LogP contribution in [0.2, 0.25) is 0 Å². The average molecular weight is 429 g/mol. The number of hydrogen-bond acceptors (Lipinski definition) is 3. The van der Waals surface area contributed by atoms with Crippen LogP contribution in [0.15, 0.2) is 53.0 Å². The van der Waals surface area contributed by atoms with E-state index < -0.39 is 0 Å². The van der Waals surface area contributed by atoms with Gasteiger partial charge in [-0.3, -0.25) is 4.79 Å². The lowest BCUT2D eigenvalue weighted by molar-refractivity contribution is -0.145. The van der Waals surface area contributed by atoms with E-state index in [1.807, 2.05) is 25.1 Å². The number of carbonyl (C=O) groups excluding carboxylic acids is 1. The molecule has 0 amide bonds. The molecule has 0 unspecified atom stereocenters. The van der Waals surface area contributed by atoms with Crippen LogP contribution >= 0.6 is 15.9 Å². The van der Waals surface area contributed by atoms with Gasteiger partial charge in [0.25, 0.3) is 0 Å². The molecule has 27 heavy (non-hydrogen) atoms. The first-order chi connectivity index (χ1) is 12.9. The number of hydrogen-bond donors (Lipinski definition) is 0. The van der Waals surface area contributed by atoms with E-state index in [9.17, 15) is 4.79 Å². The van der Waals surface area contributed by atoms with Gasteiger partial charge in [-0.15, -0.1) is 0 Å². The fourth-order valence-electron chi connectivity index (χ4n) is 3.30. The predicted octanol–water partition coefficient (Wildman–Crippen LogP) is 5.37. The molecule has 0 spiro atoms. The molecule has 1 aromatic heterocycles. The van der Waals surface area contributed by atoms with E-state index in [0.717, 1.165) is 27.9 Å². The highest BCUT2D eigenvalue weighted by molar-refractivity contribution is 9.10. The number of aromatic nitrogens is 2. The molecule has 0 aliphatic heterocycles. The molecule has 0 aliphatic rings. The van der Waals surface area contributed by atoms with Gasteiger partial charge in [0, 0.05) is 17.4 Å². The zero-order chi connectivity index (χ0) is 19.4. The van der Waals surface area contributed by atoms with E-state index in [1.54, 1.807) is 0 Å². The molecule has 0 saturated heterocycles. The summed E-state index contributed by atoms with van der Waals surface area (Å²) in [6.45, 7) is 7.18. The lowest BCUT2D eigenvalue weighted by Gasteiger charge is -2.23. The predicted molar refractivity (Wildman–Crippen MR) is 112 cm³/mol. The lowest BCUT2D eigenvalue weighted by Crippen LogP contribution is -2.23. The van der Waals surface area contributed by atoms with Crippen LogP contribution in [0.25, 0.3) is 11.0 Å². The molecule has 0 atom stereocenters. The third kappa shape index (κ3) is 4.98. The number of halogens is 1. The Morgan fingerprint density at radius 1 is 1.15 bits per heavy atom. The van der Waals surface area contributed by atoms with E-state index in [-0.39, 0.29) is 11.4 Å². The zero-order valence-corrected chi connectivity index (χ0v) is 17.6. The minimum Gasteiger partial charge on any atom is -0.466 e. The summed E-state index contributed by atoms with van der Waals surface area (Å²) < 4.78 is 8.46. The van der Waals surface area contributed by atoms with E-state index >= 15 is 0 Å². The second-order valence-corrected chi connectivity index (χ2v) is 8.47. The van der Waals surface area contributed by atoms with Crippen molar-refractivity contribution in [2.45, 2.75) is 40.2 Å². The number of fused-ring (bicyclic) bond motifs is 1. The Balaban J connectivity index is 1.92. The highest BCUT2D eigenvalue weighted by atomic mass is 79.9. The van der Waals surface area contributed by atoms with Crippen LogP contribution < -0.4 is 0 Å². The van der Waals surface area contributed by atoms with Crippen molar-refractivity contribution in [3.05, 3.63) is 64.4 Å². The summed E-state index contributed by atoms with van der Waals surface area (Å²) in [4.78, 5) is 16.8. The van der Waals surface area contributed by atoms with Crippen LogP contribution in [-0.4, -0.2) is 22.1 Å². The first kappa shape index (κ1) is 19.6. The number of carbonyl (C=O) groups is 1. The topological polar surface area (TPSA) is 44.1 Å². The number of para-hydroxylation sites is 2. The molecule has 5 heteroatoms. The quantitative estimate of drug-likeness (QED) is 0.475. The van der Waals surface area contributed by atoms with Gasteiger partial charge in [-0.05, 0) is 42.2 Å². The van der Waals surface area contributed by atoms with Gasteiger partial charge in [-0.1, -0.05) is 54.0 Å². The summed E-state index contributed by atoms with van der Waals surface area (Å²) in [6.07, 6.45) is 1.08. The van der Waals surface area contributed by atoms with Gasteiger partial charge in [0.2, 0.25) is 0 Å². The minimum absolute atomic E-state index is 0.155. The molecule has 0 aliphatic carbocycles. The number of imidazole rings is 1. The first-order valence-corrected chi connectivity index (χ1v) is 10.0. The molecule has 0 N–H and O–H groups in total. The zero-order valence-electron chi connectivity index (χ0n) is 16.0. The van der Waals surface area contributed by atoms with E-state index in [0.29, 0.717) is 19.4 Å². The van der Waals surface area contributed by atoms with Crippen LogP contribution in [0.1, 0.15) is 38.6 Å². The highest BCUT2D eigenvalue weighted by Crippen LogP contribution is 2.29. The van der Waals surface area contributed by atoms with Gasteiger partial charge < -0.3 is 9.30 Å². The second kappa shape index (κ2) is 8.26. The fourth-order valence-corrected chi connectivity index (χ4v) is 3.57. The summed E-state index contributed by atoms with van der Waals surface area (Å²) in [6, 6.07) is 16.5. The van der Waals surface area contributed by atoms with Gasteiger partial charge in [0.05, 0.1) is 24.1 Å². The Labute approximate surface area is 168 Å². The van der Waals surface area contributed by atoms with E-state index in [2.05, 4.69) is 64.7 Å². The molecule has 3 aromatic rings. The third-order valence-corrected chi connectivity index (χ3v) is 5.08. The van der Waals surface area contributed by atoms with Crippen molar-refractivity contribution in [1.82, 2.24) is 9.55 Å². The Morgan fingerprint density at radius 2 is 1.85 bits per heavy atom. The van der Waals surface area contributed by atoms with Crippen LogP contribution in [0.4, 0.5) is 0 Å². The SMILES string of the molecule is CCOC(=O)CC(C)(C)Cc1nc2ccccc2n1Cc1ccc(Br)cc1. The molecule has 0 bridgehead atoms. The van der Waals surface area contributed by atoms with Gasteiger partial charge in [0.15, 0.2) is 0 Å². The fraction of sp³-hybridized carbons (Fsp3) is 0.364. The summed E-state index contributed by atoms with van der Waals surface area (Å²) >= 11 is 3.49. The maximum atomic E-state index is 12.0. The van der Waals surface area contributed by atoms with Gasteiger partial charge >= 0.3 is 5.97 Å². The smallest absolute Gasteiger partial charge is 0.306 e. The van der Waals surface area contributed by atoms with E-state index in [4.69, 9.17) is 9.72 Å². The maximum Gasteiger partial charge on any atom is 0.306 e. The van der Waals surface area contributed by atoms with Crippen molar-refractivity contribution < 1.29 is 9.53 Å². The van der Waals surface area contributed by atoms with Crippen molar-refractivity contribution in [2.24, 2.45) is 5.41 Å². The Bertz CT molecular complexity index is 929. The summed E-state index contributed by atoms with van der Waals surface area (Å²) in [5.41, 5.74) is 3.08. The first-order valence-electron chi connectivity index (χ1n) is 9.22. The summed E-state index contributed by atoms with van der Waals surface area (Å²) in [7, 11) is 0. The van der Waals surface area contributed by atoms with Crippen molar-refractivity contribution in [2.75, 3.05) is 6.61 Å². The van der Waals surface area contributed by atoms with Crippen molar-refractivity contribution in [3.8, 4) is 0 Å². The average Bonchev–Trinajstić information content (AvgIpc) is 2.93. The molecule has 3 rings (SSSR count). The Morgan fingerprint density at radius 3 is 2.56 bits per heavy atom. The van der Waals surface area contributed by atoms with Crippen molar-refractivity contribution in [1.29, 1.82) is 0 Å². The van der Waals surface area contributed by atoms with Crippen LogP contribution in [0.5, 0.6) is 0 Å². The van der Waals surface area contributed by atoms with Crippen molar-refractivity contribution >= 4 is 32.9 Å². The number of ether oxygens (including phenoxy) is 1. The van der Waals surface area contributed by atoms with Gasteiger partial charge in [-0.2, -0.15) is 0 Å².